The van der Waals surface area contributed by atoms with Gasteiger partial charge in [-0.15, -0.1) is 0 Å². The van der Waals surface area contributed by atoms with Crippen LogP contribution in [0.2, 0.25) is 0 Å². The van der Waals surface area contributed by atoms with E-state index < -0.39 is 60.3 Å². The average Bonchev–Trinajstić information content (AvgIpc) is 3.23. The Bertz CT molecular complexity index is 797. The first-order valence-corrected chi connectivity index (χ1v) is 20.9. The molecule has 3 aliphatic carbocycles. The molecular weight excluding hydrogens is 727 g/mol. The van der Waals surface area contributed by atoms with Gasteiger partial charge in [0.15, 0.2) is 0 Å². The van der Waals surface area contributed by atoms with Crippen molar-refractivity contribution in [1.82, 2.24) is 0 Å². The zero-order valence-corrected chi connectivity index (χ0v) is 39.9. The van der Waals surface area contributed by atoms with Gasteiger partial charge in [-0.3, -0.25) is 0 Å². The van der Waals surface area contributed by atoms with Crippen LogP contribution in [0, 0.1) is 10.8 Å². The molecule has 0 aromatic rings. The van der Waals surface area contributed by atoms with E-state index in [4.69, 9.17) is 51.4 Å². The largest absolute Gasteiger partial charge is 0.396 e. The molecule has 14 atom stereocenters. The quantitative estimate of drug-likeness (QED) is 0.172. The second-order valence-corrected chi connectivity index (χ2v) is 13.3. The lowest BCUT2D eigenvalue weighted by Gasteiger charge is -2.47. The Kier molecular flexibility index (Phi) is 44.8. The van der Waals surface area contributed by atoms with E-state index in [1.807, 2.05) is 96.9 Å². The highest BCUT2D eigenvalue weighted by Gasteiger charge is 2.52. The average molecular weight is 825 g/mol. The number of methoxy groups -OCH3 is 6. The van der Waals surface area contributed by atoms with Crippen LogP contribution in [0.25, 0.3) is 0 Å². The first-order valence-electron chi connectivity index (χ1n) is 20.9. The van der Waals surface area contributed by atoms with Gasteiger partial charge in [-0.2, -0.15) is 0 Å². The molecular formula is C41H97FN4O10. The highest BCUT2D eigenvalue weighted by atomic mass is 19.1. The monoisotopic (exact) mass is 825 g/mol. The van der Waals surface area contributed by atoms with Gasteiger partial charge in [0.05, 0.1) is 24.4 Å². The molecule has 0 bridgehead atoms. The van der Waals surface area contributed by atoms with Crippen LogP contribution in [0.5, 0.6) is 0 Å². The summed E-state index contributed by atoms with van der Waals surface area (Å²) in [6.07, 6.45) is -3.51. The van der Waals surface area contributed by atoms with E-state index in [1.165, 1.54) is 21.3 Å². The number of hydrogen-bond acceptors (Lipinski definition) is 14. The third-order valence-corrected chi connectivity index (χ3v) is 9.60. The molecule has 0 unspecified atom stereocenters. The summed E-state index contributed by atoms with van der Waals surface area (Å²) in [5, 5.41) is 39.3. The van der Waals surface area contributed by atoms with Gasteiger partial charge in [0.1, 0.15) is 49.4 Å². The first-order chi connectivity index (χ1) is 26.4. The van der Waals surface area contributed by atoms with Crippen molar-refractivity contribution >= 4 is 0 Å². The van der Waals surface area contributed by atoms with Crippen molar-refractivity contribution in [3.05, 3.63) is 0 Å². The summed E-state index contributed by atoms with van der Waals surface area (Å²) in [6, 6.07) is -0.757. The molecule has 3 saturated carbocycles. The third kappa shape index (κ3) is 19.6. The second-order valence-electron chi connectivity index (χ2n) is 13.3. The summed E-state index contributed by atoms with van der Waals surface area (Å²) in [4.78, 5) is 0. The Balaban J connectivity index is -0.000000147. The molecule has 15 heteroatoms. The van der Waals surface area contributed by atoms with E-state index in [0.717, 1.165) is 6.42 Å². The van der Waals surface area contributed by atoms with Crippen molar-refractivity contribution < 1.29 is 53.2 Å². The molecule has 3 rings (SSSR count). The maximum atomic E-state index is 12.8. The number of ether oxygens (including phenoxy) is 6. The molecule has 0 aliphatic heterocycles. The molecule has 56 heavy (non-hydrogen) atoms. The SMILES string of the molecule is CC.CC.CC.CC.CC.CC.CO[C@H]1[C@H](OC)[C@@H](N)CC(C)(C)[C@@H]1O.CO[C@H]1[C@H](OC)[C@@H](N)C[C@](C)(CO)[C@@H]1O.CO[C@H]1[C@H](OC)[C@@H](N)C[C@](N)(CF)[C@@H]1O. The fourth-order valence-electron chi connectivity index (χ4n) is 6.74. The van der Waals surface area contributed by atoms with Crippen LogP contribution < -0.4 is 22.9 Å². The lowest BCUT2D eigenvalue weighted by atomic mass is 9.69. The summed E-state index contributed by atoms with van der Waals surface area (Å²) in [5.74, 6) is 0. The Labute approximate surface area is 344 Å². The summed E-state index contributed by atoms with van der Waals surface area (Å²) in [5.41, 5.74) is 21.3. The minimum absolute atomic E-state index is 0.0802. The maximum Gasteiger partial charge on any atom is 0.112 e. The number of aliphatic hydroxyl groups excluding tert-OH is 4. The summed E-state index contributed by atoms with van der Waals surface area (Å²) >= 11 is 0. The molecule has 0 saturated heterocycles. The lowest BCUT2D eigenvalue weighted by Crippen LogP contribution is -2.70. The standard InChI is InChI=1S/C10H21NO4.C10H21NO3.C9H19FN2O3.6C2H6/c1-10(5-12)4-6(11)7(14-2)8(15-3)9(10)13;1-10(2)5-6(11)7(13-3)8(14-4)9(10)12;1-14-6-5(11)3-9(12,4-10)8(13)7(6)15-2;6*1-2/h6-9,12-13H,4-5,11H2,1-3H3;6-9,12H,5,11H2,1-4H3;5-8,13H,3-4,11-12H2,1-2H3;6*1-2H3/t6-,7+,8-,9+,10+;6-,7+,8-,9+;5-,6+,7-,8+,9-;;;;;;/m000....../s1. The van der Waals surface area contributed by atoms with Gasteiger partial charge in [0, 0.05) is 66.2 Å². The number of halogens is 1. The highest BCUT2D eigenvalue weighted by molar-refractivity contribution is 5.08. The predicted octanol–water partition coefficient (Wildman–Crippen LogP) is 4.17. The Morgan fingerprint density at radius 3 is 1.04 bits per heavy atom. The summed E-state index contributed by atoms with van der Waals surface area (Å²) in [6.45, 7) is 28.8. The molecule has 14 nitrogen and oxygen atoms in total. The van der Waals surface area contributed by atoms with Crippen molar-refractivity contribution in [3.8, 4) is 0 Å². The summed E-state index contributed by atoms with van der Waals surface area (Å²) < 4.78 is 43.9. The van der Waals surface area contributed by atoms with Gasteiger partial charge in [-0.25, -0.2) is 4.39 Å². The fourth-order valence-corrected chi connectivity index (χ4v) is 6.74. The van der Waals surface area contributed by atoms with Crippen molar-refractivity contribution in [3.63, 3.8) is 0 Å². The predicted molar refractivity (Wildman–Crippen MR) is 231 cm³/mol. The number of nitrogens with two attached hydrogens (primary N) is 4. The van der Waals surface area contributed by atoms with Gasteiger partial charge in [0.25, 0.3) is 0 Å². The van der Waals surface area contributed by atoms with Crippen LogP contribution in [-0.4, -0.2) is 155 Å². The van der Waals surface area contributed by atoms with Gasteiger partial charge in [-0.1, -0.05) is 104 Å². The van der Waals surface area contributed by atoms with Crippen molar-refractivity contribution in [2.45, 2.75) is 202 Å². The number of hydrogen-bond donors (Lipinski definition) is 8. The van der Waals surface area contributed by atoms with E-state index in [0.29, 0.717) is 6.42 Å². The molecule has 0 aromatic carbocycles. The molecule has 0 heterocycles. The Morgan fingerprint density at radius 2 is 0.750 bits per heavy atom. The second kappa shape index (κ2) is 37.4. The van der Waals surface area contributed by atoms with Crippen LogP contribution in [0.15, 0.2) is 0 Å². The van der Waals surface area contributed by atoms with Crippen molar-refractivity contribution in [2.24, 2.45) is 33.8 Å². The van der Waals surface area contributed by atoms with Crippen LogP contribution in [0.1, 0.15) is 123 Å². The molecule has 12 N–H and O–H groups in total. The van der Waals surface area contributed by atoms with Crippen LogP contribution in [0.3, 0.4) is 0 Å². The Morgan fingerprint density at radius 1 is 0.482 bits per heavy atom. The number of alkyl halides is 1. The van der Waals surface area contributed by atoms with Crippen LogP contribution in [-0.2, 0) is 28.4 Å². The molecule has 0 radical (unpaired) electrons. The van der Waals surface area contributed by atoms with Crippen molar-refractivity contribution in [2.75, 3.05) is 55.9 Å². The summed E-state index contributed by atoms with van der Waals surface area (Å²) in [7, 11) is 9.12. The lowest BCUT2D eigenvalue weighted by molar-refractivity contribution is -0.179. The number of rotatable bonds is 8. The van der Waals surface area contributed by atoms with Crippen LogP contribution >= 0.6 is 0 Å². The van der Waals surface area contributed by atoms with E-state index in [9.17, 15) is 24.8 Å². The van der Waals surface area contributed by atoms with Crippen LogP contribution in [0.4, 0.5) is 4.39 Å². The molecule has 348 valence electrons. The molecule has 3 aliphatic rings. The van der Waals surface area contributed by atoms with Crippen molar-refractivity contribution in [1.29, 1.82) is 0 Å². The zero-order valence-electron chi connectivity index (χ0n) is 39.9. The zero-order chi connectivity index (χ0) is 46.2. The minimum atomic E-state index is -1.34. The first kappa shape index (κ1) is 67.2. The molecule has 0 spiro atoms. The van der Waals surface area contributed by atoms with E-state index in [-0.39, 0.29) is 48.8 Å². The van der Waals surface area contributed by atoms with Gasteiger partial charge < -0.3 is 71.8 Å². The van der Waals surface area contributed by atoms with E-state index >= 15 is 0 Å². The van der Waals surface area contributed by atoms with E-state index in [1.54, 1.807) is 28.3 Å². The minimum Gasteiger partial charge on any atom is -0.396 e. The topological polar surface area (TPSA) is 240 Å². The molecule has 3 fully saturated rings. The fraction of sp³-hybridized carbons (Fsp3) is 1.00. The van der Waals surface area contributed by atoms with Gasteiger partial charge in [-0.05, 0) is 24.7 Å². The third-order valence-electron chi connectivity index (χ3n) is 9.60. The highest BCUT2D eigenvalue weighted by Crippen LogP contribution is 2.38. The number of aliphatic hydroxyl groups is 4. The van der Waals surface area contributed by atoms with E-state index in [2.05, 4.69) is 0 Å². The smallest absolute Gasteiger partial charge is 0.112 e. The molecule has 0 amide bonds. The normalized spacial score (nSPS) is 36.3. The van der Waals surface area contributed by atoms with Gasteiger partial charge >= 0.3 is 0 Å². The maximum absolute atomic E-state index is 12.8. The van der Waals surface area contributed by atoms with Gasteiger partial charge in [0.2, 0.25) is 0 Å². The Hall–Kier alpha value is -0.630. The molecule has 0 aromatic heterocycles.